The highest BCUT2D eigenvalue weighted by molar-refractivity contribution is 6.29. The summed E-state index contributed by atoms with van der Waals surface area (Å²) in [5, 5.41) is 27.1. The number of nitrogens with one attached hydrogen (secondary N) is 5. The number of aromatic nitrogens is 8. The second-order valence-corrected chi connectivity index (χ2v) is 17.4. The molecule has 18 nitrogen and oxygen atoms in total. The topological polar surface area (TPSA) is 203 Å². The molecule has 2 aliphatic carbocycles. The maximum atomic E-state index is 12.8. The van der Waals surface area contributed by atoms with E-state index < -0.39 is 5.91 Å². The number of nitrogens with zero attached hydrogens (tertiary/aromatic N) is 9. The van der Waals surface area contributed by atoms with Gasteiger partial charge in [0.05, 0.1) is 60.4 Å². The van der Waals surface area contributed by atoms with Crippen LogP contribution < -0.4 is 41.0 Å². The number of benzene rings is 2. The fourth-order valence-corrected chi connectivity index (χ4v) is 7.87. The Morgan fingerprint density at radius 2 is 1.26 bits per heavy atom. The Morgan fingerprint density at radius 3 is 1.74 bits per heavy atom. The van der Waals surface area contributed by atoms with Gasteiger partial charge in [0.2, 0.25) is 0 Å². The van der Waals surface area contributed by atoms with Crippen LogP contribution in [0.4, 0.5) is 17.2 Å². The van der Waals surface area contributed by atoms with Gasteiger partial charge in [-0.3, -0.25) is 19.0 Å². The van der Waals surface area contributed by atoms with Crippen LogP contribution in [0.25, 0.3) is 21.8 Å². The Balaban J connectivity index is 0.000000151. The summed E-state index contributed by atoms with van der Waals surface area (Å²) < 4.78 is 14.7. The second-order valence-electron chi connectivity index (χ2n) is 17.0. The lowest BCUT2D eigenvalue weighted by atomic mass is 10.2. The van der Waals surface area contributed by atoms with Crippen LogP contribution in [0.2, 0.25) is 5.15 Å². The van der Waals surface area contributed by atoms with Crippen molar-refractivity contribution in [3.05, 3.63) is 78.0 Å². The van der Waals surface area contributed by atoms with Crippen LogP contribution in [0.15, 0.2) is 61.4 Å². The summed E-state index contributed by atoms with van der Waals surface area (Å²) in [4.78, 5) is 44.0. The largest absolute Gasteiger partial charge is 0.492 e. The number of ether oxygens (including phenoxy) is 2. The first-order valence-electron chi connectivity index (χ1n) is 22.7. The maximum absolute atomic E-state index is 12.8. The van der Waals surface area contributed by atoms with Crippen LogP contribution in [0, 0.1) is 11.8 Å². The molecular formula is C46H59ClN14O4. The number of hydrogen-bond donors (Lipinski definition) is 5. The molecule has 0 spiro atoms. The van der Waals surface area contributed by atoms with E-state index in [1.54, 1.807) is 27.8 Å². The summed E-state index contributed by atoms with van der Waals surface area (Å²) in [6.07, 6.45) is 17.7. The number of rotatable bonds is 15. The summed E-state index contributed by atoms with van der Waals surface area (Å²) in [5.41, 5.74) is 3.18. The molecule has 4 aromatic heterocycles. The van der Waals surface area contributed by atoms with Gasteiger partial charge < -0.3 is 41.0 Å². The fraction of sp³-hybridized carbons (Fsp3) is 0.478. The van der Waals surface area contributed by atoms with Crippen molar-refractivity contribution in [2.24, 2.45) is 25.9 Å². The van der Waals surface area contributed by atoms with Gasteiger partial charge in [0.25, 0.3) is 11.8 Å². The van der Waals surface area contributed by atoms with Gasteiger partial charge in [-0.1, -0.05) is 11.6 Å². The van der Waals surface area contributed by atoms with Crippen LogP contribution in [-0.2, 0) is 14.1 Å². The highest BCUT2D eigenvalue weighted by Crippen LogP contribution is 2.32. The molecule has 2 saturated carbocycles. The minimum Gasteiger partial charge on any atom is -0.492 e. The van der Waals surface area contributed by atoms with Crippen LogP contribution in [-0.4, -0.2) is 116 Å². The van der Waals surface area contributed by atoms with Gasteiger partial charge in [-0.15, -0.1) is 0 Å². The van der Waals surface area contributed by atoms with Crippen molar-refractivity contribution in [3.8, 4) is 11.5 Å². The number of fused-ring (bicyclic) bond motifs is 2. The zero-order valence-corrected chi connectivity index (χ0v) is 38.3. The lowest BCUT2D eigenvalue weighted by molar-refractivity contribution is 0.101. The summed E-state index contributed by atoms with van der Waals surface area (Å²) in [6, 6.07) is 8.59. The molecule has 6 heterocycles. The Hall–Kier alpha value is -5.95. The molecule has 2 saturated heterocycles. The smallest absolute Gasteiger partial charge is 0.275 e. The lowest BCUT2D eigenvalue weighted by Gasteiger charge is -2.18. The third-order valence-corrected chi connectivity index (χ3v) is 11.8. The van der Waals surface area contributed by atoms with E-state index in [2.05, 4.69) is 61.6 Å². The van der Waals surface area contributed by atoms with E-state index in [1.165, 1.54) is 64.1 Å². The number of amides is 2. The Morgan fingerprint density at radius 1 is 0.708 bits per heavy atom. The zero-order chi connectivity index (χ0) is 45.3. The molecule has 0 unspecified atom stereocenters. The molecule has 2 aromatic carbocycles. The summed E-state index contributed by atoms with van der Waals surface area (Å²) >= 11 is 5.68. The standard InChI is InChI=1S/C23H29N7O2.C15H14ClN5O2.C8H16N2/c1-3-32-21-9-18-16(13-29(2)28-18)8-19(21)27-23(31)20-11-26-22(12-25-20)30-7-6-17(14-30)24-10-15-4-5-15;1-3-23-13-5-10-9(8-21(2)20-10)4-11(13)19-15(22)12-6-18-14(16)7-17-12;1-2-7(1)5-10-8-3-4-9-6-8/h8-9,11-13,15,17,24H,3-7,10,14H2,1-2H3,(H,27,31);4-8H,3H2,1-2H3,(H,19,22);7-10H,1-6H2/t17-;;8-/m1.1/s1. The molecule has 6 aromatic rings. The molecular weight excluding hydrogens is 848 g/mol. The molecule has 2 amide bonds. The van der Waals surface area contributed by atoms with Gasteiger partial charge in [0.15, 0.2) is 0 Å². The van der Waals surface area contributed by atoms with Gasteiger partial charge in [0, 0.05) is 81.1 Å². The molecule has 344 valence electrons. The molecule has 65 heavy (non-hydrogen) atoms. The predicted molar refractivity (Wildman–Crippen MR) is 252 cm³/mol. The van der Waals surface area contributed by atoms with Crippen LogP contribution >= 0.6 is 11.6 Å². The third kappa shape index (κ3) is 12.7. The third-order valence-electron chi connectivity index (χ3n) is 11.6. The number of carbonyl (C=O) groups is 2. The van der Waals surface area contributed by atoms with Crippen molar-refractivity contribution >= 4 is 62.4 Å². The minimum atomic E-state index is -0.390. The van der Waals surface area contributed by atoms with Crippen LogP contribution in [0.3, 0.4) is 0 Å². The van der Waals surface area contributed by atoms with Gasteiger partial charge in [-0.25, -0.2) is 19.9 Å². The van der Waals surface area contributed by atoms with Crippen LogP contribution in [0.1, 0.15) is 73.3 Å². The van der Waals surface area contributed by atoms with Crippen molar-refractivity contribution in [3.63, 3.8) is 0 Å². The van der Waals surface area contributed by atoms with Crippen molar-refractivity contribution in [2.45, 2.75) is 64.5 Å². The summed E-state index contributed by atoms with van der Waals surface area (Å²) in [6.45, 7) is 11.4. The van der Waals surface area contributed by atoms with E-state index in [9.17, 15) is 9.59 Å². The van der Waals surface area contributed by atoms with Gasteiger partial charge in [0.1, 0.15) is 33.9 Å². The van der Waals surface area contributed by atoms with Crippen molar-refractivity contribution in [2.75, 3.05) is 68.0 Å². The first kappa shape index (κ1) is 45.6. The number of aryl methyl sites for hydroxylation is 2. The van der Waals surface area contributed by atoms with Gasteiger partial charge in [-0.2, -0.15) is 10.2 Å². The SMILES string of the molecule is C1C[C@@H](NCC2CC2)CN1.CCOc1cc2nn(C)cc2cc1NC(=O)c1cnc(Cl)cn1.CCOc1cc2nn(C)cc2cc1NC(=O)c1cnc(N2CC[C@@H](NCC3CC3)C2)cn1. The first-order valence-corrected chi connectivity index (χ1v) is 23.0. The normalized spacial score (nSPS) is 17.9. The molecule has 4 fully saturated rings. The molecule has 2 aliphatic heterocycles. The van der Waals surface area contributed by atoms with Gasteiger partial charge >= 0.3 is 0 Å². The number of hydrogen-bond acceptors (Lipinski definition) is 14. The fourth-order valence-electron chi connectivity index (χ4n) is 7.78. The average molecular weight is 908 g/mol. The monoisotopic (exact) mass is 906 g/mol. The molecule has 2 atom stereocenters. The van der Waals surface area contributed by atoms with Crippen molar-refractivity contribution < 1.29 is 19.1 Å². The molecule has 10 rings (SSSR count). The lowest BCUT2D eigenvalue weighted by Crippen LogP contribution is -2.34. The van der Waals surface area contributed by atoms with Crippen LogP contribution in [0.5, 0.6) is 11.5 Å². The Kier molecular flexibility index (Phi) is 15.0. The number of halogens is 1. The first-order chi connectivity index (χ1) is 31.6. The average Bonchev–Trinajstić information content (AvgIpc) is 4.09. The molecule has 0 bridgehead atoms. The van der Waals surface area contributed by atoms with Gasteiger partial charge in [-0.05, 0) is 96.0 Å². The quantitative estimate of drug-likeness (QED) is 0.0851. The summed E-state index contributed by atoms with van der Waals surface area (Å²) in [5.74, 6) is 3.14. The molecule has 5 N–H and O–H groups in total. The zero-order valence-electron chi connectivity index (χ0n) is 37.5. The second kappa shape index (κ2) is 21.4. The maximum Gasteiger partial charge on any atom is 0.275 e. The van der Waals surface area contributed by atoms with Crippen molar-refractivity contribution in [1.82, 2.24) is 55.4 Å². The highest BCUT2D eigenvalue weighted by Gasteiger charge is 2.27. The van der Waals surface area contributed by atoms with E-state index in [4.69, 9.17) is 21.1 Å². The molecule has 0 radical (unpaired) electrons. The number of carbonyl (C=O) groups excluding carboxylic acids is 2. The molecule has 19 heteroatoms. The Bertz CT molecular complexity index is 2540. The van der Waals surface area contributed by atoms with E-state index >= 15 is 0 Å². The summed E-state index contributed by atoms with van der Waals surface area (Å²) in [7, 11) is 3.70. The van der Waals surface area contributed by atoms with E-state index in [1.807, 2.05) is 58.5 Å². The minimum absolute atomic E-state index is 0.170. The Labute approximate surface area is 383 Å². The van der Waals surface area contributed by atoms with E-state index in [-0.39, 0.29) is 22.4 Å². The van der Waals surface area contributed by atoms with E-state index in [0.29, 0.717) is 42.1 Å². The van der Waals surface area contributed by atoms with E-state index in [0.717, 1.165) is 71.6 Å². The van der Waals surface area contributed by atoms with Crippen molar-refractivity contribution in [1.29, 1.82) is 0 Å². The molecule has 4 aliphatic rings. The highest BCUT2D eigenvalue weighted by atomic mass is 35.5. The predicted octanol–water partition coefficient (Wildman–Crippen LogP) is 5.61. The number of anilines is 3.